The number of hydrogen-bond acceptors (Lipinski definition) is 6. The average molecular weight is 488 g/mol. The lowest BCUT2D eigenvalue weighted by Crippen LogP contribution is -2.61. The first-order valence-corrected chi connectivity index (χ1v) is 11.1. The number of methoxy groups -OCH3 is 1. The van der Waals surface area contributed by atoms with Gasteiger partial charge >= 0.3 is 0 Å². The summed E-state index contributed by atoms with van der Waals surface area (Å²) in [7, 11) is 1.61. The van der Waals surface area contributed by atoms with E-state index in [1.54, 1.807) is 24.1 Å². The number of nitrogens with zero attached hydrogens (tertiary/aromatic N) is 2. The third-order valence-corrected chi connectivity index (χ3v) is 6.97. The van der Waals surface area contributed by atoms with Crippen LogP contribution in [0.1, 0.15) is 33.0 Å². The maximum atomic E-state index is 13.0. The van der Waals surface area contributed by atoms with Crippen LogP contribution < -0.4 is 14.8 Å². The first-order chi connectivity index (χ1) is 14.5. The van der Waals surface area contributed by atoms with Gasteiger partial charge in [-0.25, -0.2) is 4.98 Å². The van der Waals surface area contributed by atoms with Crippen LogP contribution in [0.25, 0.3) is 10.2 Å². The molecule has 1 N–H and O–H groups in total. The molecule has 0 bridgehead atoms. The van der Waals surface area contributed by atoms with Gasteiger partial charge in [-0.2, -0.15) is 0 Å². The van der Waals surface area contributed by atoms with E-state index in [-0.39, 0.29) is 11.8 Å². The van der Waals surface area contributed by atoms with Crippen molar-refractivity contribution in [3.63, 3.8) is 0 Å². The topological polar surface area (TPSA) is 80.8 Å². The van der Waals surface area contributed by atoms with Crippen molar-refractivity contribution in [3.05, 3.63) is 51.4 Å². The highest BCUT2D eigenvalue weighted by Gasteiger charge is 2.43. The molecule has 2 aliphatic rings. The van der Waals surface area contributed by atoms with Gasteiger partial charge in [0.05, 0.1) is 22.9 Å². The van der Waals surface area contributed by atoms with Crippen molar-refractivity contribution >= 4 is 49.3 Å². The first kappa shape index (κ1) is 19.3. The number of benzene rings is 2. The van der Waals surface area contributed by atoms with Crippen molar-refractivity contribution in [1.29, 1.82) is 0 Å². The Kier molecular flexibility index (Phi) is 4.67. The molecular formula is C21H18BrN3O4S. The number of ether oxygens (including phenoxy) is 2. The highest BCUT2D eigenvalue weighted by molar-refractivity contribution is 9.10. The zero-order valence-electron chi connectivity index (χ0n) is 16.1. The number of hydrogen-bond donors (Lipinski definition) is 1. The quantitative estimate of drug-likeness (QED) is 0.594. The number of nitrogens with one attached hydrogen (secondary N) is 1. The zero-order chi connectivity index (χ0) is 20.9. The van der Waals surface area contributed by atoms with Crippen molar-refractivity contribution in [3.8, 4) is 11.5 Å². The van der Waals surface area contributed by atoms with Gasteiger partial charge in [-0.05, 0) is 36.4 Å². The minimum atomic E-state index is -0.782. The largest absolute Gasteiger partial charge is 0.497 e. The van der Waals surface area contributed by atoms with Crippen LogP contribution in [-0.4, -0.2) is 47.6 Å². The Labute approximate surface area is 185 Å². The summed E-state index contributed by atoms with van der Waals surface area (Å²) >= 11 is 4.74. The number of rotatable bonds is 2. The Bertz CT molecular complexity index is 1170. The molecule has 9 heteroatoms. The molecule has 154 valence electrons. The highest BCUT2D eigenvalue weighted by Crippen LogP contribution is 2.35. The second-order valence-corrected chi connectivity index (χ2v) is 9.28. The van der Waals surface area contributed by atoms with E-state index in [1.165, 1.54) is 11.3 Å². The van der Waals surface area contributed by atoms with Crippen molar-refractivity contribution in [1.82, 2.24) is 15.2 Å². The molecular weight excluding hydrogens is 470 g/mol. The minimum absolute atomic E-state index is 0.100. The summed E-state index contributed by atoms with van der Waals surface area (Å²) in [5, 5.41) is 3.46. The van der Waals surface area contributed by atoms with E-state index in [0.29, 0.717) is 42.3 Å². The third kappa shape index (κ3) is 3.31. The summed E-state index contributed by atoms with van der Waals surface area (Å²) in [4.78, 5) is 31.8. The molecule has 0 unspecified atom stereocenters. The van der Waals surface area contributed by atoms with E-state index in [4.69, 9.17) is 9.47 Å². The molecule has 1 saturated heterocycles. The Morgan fingerprint density at radius 1 is 1.27 bits per heavy atom. The van der Waals surface area contributed by atoms with Crippen LogP contribution in [0.3, 0.4) is 0 Å². The number of amides is 2. The van der Waals surface area contributed by atoms with Gasteiger partial charge in [0.2, 0.25) is 0 Å². The molecule has 2 aromatic carbocycles. The summed E-state index contributed by atoms with van der Waals surface area (Å²) < 4.78 is 13.2. The Morgan fingerprint density at radius 2 is 2.07 bits per heavy atom. The standard InChI is InChI=1S/C21H18BrN3O4S/c1-28-13-3-4-15-17(11-13)30-19(23-15)20(27)25-8-6-21(7-9-25)24-18(26)14-10-12(22)2-5-16(14)29-21/h2-5,10-11H,6-9H2,1H3,(H,24,26). The number of carbonyl (C=O) groups is 2. The smallest absolute Gasteiger partial charge is 0.282 e. The van der Waals surface area contributed by atoms with Crippen molar-refractivity contribution < 1.29 is 19.1 Å². The van der Waals surface area contributed by atoms with E-state index >= 15 is 0 Å². The van der Waals surface area contributed by atoms with E-state index in [0.717, 1.165) is 20.4 Å². The molecule has 1 aromatic heterocycles. The van der Waals surface area contributed by atoms with Crippen LogP contribution in [-0.2, 0) is 0 Å². The van der Waals surface area contributed by atoms with Gasteiger partial charge in [-0.1, -0.05) is 15.9 Å². The molecule has 3 heterocycles. The number of aromatic nitrogens is 1. The average Bonchev–Trinajstić information content (AvgIpc) is 3.18. The van der Waals surface area contributed by atoms with Gasteiger partial charge in [0.15, 0.2) is 10.7 Å². The fraction of sp³-hybridized carbons (Fsp3) is 0.286. The van der Waals surface area contributed by atoms with Crippen LogP contribution in [0, 0.1) is 0 Å². The molecule has 0 aliphatic carbocycles. The second kappa shape index (κ2) is 7.24. The third-order valence-electron chi connectivity index (χ3n) is 5.47. The number of piperidine rings is 1. The summed E-state index contributed by atoms with van der Waals surface area (Å²) in [5.41, 5.74) is 0.511. The van der Waals surface area contributed by atoms with E-state index in [2.05, 4.69) is 26.2 Å². The van der Waals surface area contributed by atoms with Crippen molar-refractivity contribution in [2.45, 2.75) is 18.6 Å². The molecule has 2 aliphatic heterocycles. The molecule has 3 aromatic rings. The van der Waals surface area contributed by atoms with E-state index in [9.17, 15) is 9.59 Å². The molecule has 1 fully saturated rings. The fourth-order valence-corrected chi connectivity index (χ4v) is 5.16. The first-order valence-electron chi connectivity index (χ1n) is 9.51. The van der Waals surface area contributed by atoms with Gasteiger partial charge in [0.1, 0.15) is 11.5 Å². The van der Waals surface area contributed by atoms with Crippen LogP contribution in [0.15, 0.2) is 40.9 Å². The minimum Gasteiger partial charge on any atom is -0.497 e. The van der Waals surface area contributed by atoms with Crippen molar-refractivity contribution in [2.24, 2.45) is 0 Å². The zero-order valence-corrected chi connectivity index (χ0v) is 18.5. The Morgan fingerprint density at radius 3 is 2.83 bits per heavy atom. The number of halogens is 1. The number of carbonyl (C=O) groups excluding carboxylic acids is 2. The second-order valence-electron chi connectivity index (χ2n) is 7.34. The lowest BCUT2D eigenvalue weighted by atomic mass is 9.97. The lowest BCUT2D eigenvalue weighted by molar-refractivity contribution is -0.0245. The molecule has 5 rings (SSSR count). The monoisotopic (exact) mass is 487 g/mol. The van der Waals surface area contributed by atoms with Crippen LogP contribution in [0.4, 0.5) is 0 Å². The summed E-state index contributed by atoms with van der Waals surface area (Å²) in [6, 6.07) is 11.0. The predicted molar refractivity (Wildman–Crippen MR) is 116 cm³/mol. The van der Waals surface area contributed by atoms with E-state index in [1.807, 2.05) is 24.3 Å². The van der Waals surface area contributed by atoms with Crippen LogP contribution in [0.2, 0.25) is 0 Å². The number of fused-ring (bicyclic) bond motifs is 2. The van der Waals surface area contributed by atoms with Crippen LogP contribution >= 0.6 is 27.3 Å². The molecule has 0 saturated carbocycles. The Balaban J connectivity index is 1.32. The van der Waals surface area contributed by atoms with Crippen molar-refractivity contribution in [2.75, 3.05) is 20.2 Å². The fourth-order valence-electron chi connectivity index (χ4n) is 3.84. The summed E-state index contributed by atoms with van der Waals surface area (Å²) in [5.74, 6) is 1.05. The number of likely N-dealkylation sites (tertiary alicyclic amines) is 1. The van der Waals surface area contributed by atoms with Crippen LogP contribution in [0.5, 0.6) is 11.5 Å². The summed E-state index contributed by atoms with van der Waals surface area (Å²) in [6.07, 6.45) is 1.03. The summed E-state index contributed by atoms with van der Waals surface area (Å²) in [6.45, 7) is 0.953. The van der Waals surface area contributed by atoms with Gasteiger partial charge in [0, 0.05) is 30.4 Å². The van der Waals surface area contributed by atoms with Gasteiger partial charge < -0.3 is 19.7 Å². The lowest BCUT2D eigenvalue weighted by Gasteiger charge is -2.44. The molecule has 0 radical (unpaired) electrons. The molecule has 7 nitrogen and oxygen atoms in total. The normalized spacial score (nSPS) is 17.4. The highest BCUT2D eigenvalue weighted by atomic mass is 79.9. The predicted octanol–water partition coefficient (Wildman–Crippen LogP) is 3.82. The van der Waals surface area contributed by atoms with Gasteiger partial charge in [-0.3, -0.25) is 9.59 Å². The molecule has 2 amide bonds. The maximum Gasteiger partial charge on any atom is 0.282 e. The van der Waals surface area contributed by atoms with E-state index < -0.39 is 5.72 Å². The van der Waals surface area contributed by atoms with Gasteiger partial charge in [0.25, 0.3) is 11.8 Å². The molecule has 30 heavy (non-hydrogen) atoms. The molecule has 1 spiro atoms. The maximum absolute atomic E-state index is 13.0. The van der Waals surface area contributed by atoms with Gasteiger partial charge in [-0.15, -0.1) is 11.3 Å². The number of thiazole rings is 1. The SMILES string of the molecule is COc1ccc2nc(C(=O)N3CCC4(CC3)NC(=O)c3cc(Br)ccc3O4)sc2c1. The Hall–Kier alpha value is -2.65. The molecule has 0 atom stereocenters.